The van der Waals surface area contributed by atoms with Gasteiger partial charge in [-0.25, -0.2) is 0 Å². The Morgan fingerprint density at radius 3 is 2.53 bits per heavy atom. The second-order valence-electron chi connectivity index (χ2n) is 9.33. The molecule has 9 heteroatoms. The number of hydrogen-bond acceptors (Lipinski definition) is 6. The molecule has 0 spiro atoms. The number of amides is 1. The van der Waals surface area contributed by atoms with E-state index in [-0.39, 0.29) is 16.5 Å². The van der Waals surface area contributed by atoms with E-state index in [0.717, 1.165) is 77.5 Å². The fourth-order valence-electron chi connectivity index (χ4n) is 4.93. The van der Waals surface area contributed by atoms with Gasteiger partial charge >= 0.3 is 4.87 Å². The number of nitrogens with one attached hydrogen (secondary N) is 3. The standard InChI is InChI=1S/C27H35ClN4O3S/c28-22-8-4-1-5-19(22)11-14-29-16-13-24(34)32(21-6-2-3-7-21)18-17-30-15-12-20-9-10-23(33)25-26(20)36-27(35)31-25/h1,4-5,8-10,21,29-30,33H,2-3,6-7,11-18H2,(H,31,35). The quantitative estimate of drug-likeness (QED) is 0.250. The van der Waals surface area contributed by atoms with Crippen molar-refractivity contribution in [2.45, 2.75) is 51.0 Å². The van der Waals surface area contributed by atoms with E-state index in [2.05, 4.69) is 20.5 Å². The van der Waals surface area contributed by atoms with Gasteiger partial charge in [-0.1, -0.05) is 60.0 Å². The summed E-state index contributed by atoms with van der Waals surface area (Å²) in [4.78, 5) is 29.4. The van der Waals surface area contributed by atoms with Gasteiger partial charge < -0.3 is 25.6 Å². The summed E-state index contributed by atoms with van der Waals surface area (Å²) in [7, 11) is 0. The maximum Gasteiger partial charge on any atom is 0.305 e. The van der Waals surface area contributed by atoms with Gasteiger partial charge in [-0.15, -0.1) is 0 Å². The van der Waals surface area contributed by atoms with Crippen LogP contribution in [0.5, 0.6) is 5.75 Å². The summed E-state index contributed by atoms with van der Waals surface area (Å²) < 4.78 is 0.812. The van der Waals surface area contributed by atoms with Crippen LogP contribution in [0.2, 0.25) is 5.02 Å². The summed E-state index contributed by atoms with van der Waals surface area (Å²) in [6.07, 6.45) is 6.64. The molecular formula is C27H35ClN4O3S. The van der Waals surface area contributed by atoms with E-state index in [0.29, 0.717) is 31.1 Å². The molecule has 0 unspecified atom stereocenters. The molecule has 0 saturated heterocycles. The molecular weight excluding hydrogens is 496 g/mol. The summed E-state index contributed by atoms with van der Waals surface area (Å²) in [5.74, 6) is 0.315. The molecule has 1 fully saturated rings. The number of nitrogens with zero attached hydrogens (tertiary/aromatic N) is 1. The summed E-state index contributed by atoms with van der Waals surface area (Å²) >= 11 is 7.35. The first-order chi connectivity index (χ1) is 17.5. The molecule has 1 saturated carbocycles. The molecule has 1 aliphatic rings. The number of carbonyl (C=O) groups excluding carboxylic acids is 1. The summed E-state index contributed by atoms with van der Waals surface area (Å²) in [5.41, 5.74) is 2.67. The molecule has 0 aliphatic heterocycles. The van der Waals surface area contributed by atoms with Gasteiger partial charge in [0.05, 0.1) is 4.70 Å². The molecule has 0 atom stereocenters. The number of hydrogen-bond donors (Lipinski definition) is 4. The van der Waals surface area contributed by atoms with Gasteiger partial charge in [0.2, 0.25) is 5.91 Å². The van der Waals surface area contributed by atoms with Gasteiger partial charge in [-0.3, -0.25) is 9.59 Å². The Morgan fingerprint density at radius 1 is 1.03 bits per heavy atom. The van der Waals surface area contributed by atoms with Crippen molar-refractivity contribution in [3.05, 3.63) is 62.2 Å². The van der Waals surface area contributed by atoms with Gasteiger partial charge in [0.1, 0.15) is 11.3 Å². The lowest BCUT2D eigenvalue weighted by atomic mass is 10.1. The van der Waals surface area contributed by atoms with Crippen molar-refractivity contribution in [2.24, 2.45) is 0 Å². The molecule has 2 aromatic carbocycles. The van der Waals surface area contributed by atoms with Crippen LogP contribution in [0, 0.1) is 0 Å². The monoisotopic (exact) mass is 530 g/mol. The third-order valence-corrected chi connectivity index (χ3v) is 8.20. The maximum atomic E-state index is 13.1. The molecule has 1 amide bonds. The Bertz CT molecular complexity index is 1210. The molecule has 1 aliphatic carbocycles. The highest BCUT2D eigenvalue weighted by molar-refractivity contribution is 7.16. The highest BCUT2D eigenvalue weighted by atomic mass is 35.5. The molecule has 4 N–H and O–H groups in total. The number of phenols is 1. The van der Waals surface area contributed by atoms with E-state index in [1.807, 2.05) is 30.3 Å². The summed E-state index contributed by atoms with van der Waals surface area (Å²) in [6.45, 7) is 3.62. The maximum absolute atomic E-state index is 13.1. The van der Waals surface area contributed by atoms with Gasteiger partial charge in [0.15, 0.2) is 0 Å². The Morgan fingerprint density at radius 2 is 1.75 bits per heavy atom. The van der Waals surface area contributed by atoms with Crippen LogP contribution in [-0.4, -0.2) is 59.7 Å². The van der Waals surface area contributed by atoms with Crippen molar-refractivity contribution in [2.75, 3.05) is 32.7 Å². The van der Waals surface area contributed by atoms with Gasteiger partial charge in [0, 0.05) is 37.1 Å². The second-order valence-corrected chi connectivity index (χ2v) is 10.7. The van der Waals surface area contributed by atoms with Crippen LogP contribution in [-0.2, 0) is 17.6 Å². The smallest absolute Gasteiger partial charge is 0.305 e. The predicted octanol–water partition coefficient (Wildman–Crippen LogP) is 4.07. The fraction of sp³-hybridized carbons (Fsp3) is 0.481. The number of phenolic OH excluding ortho intramolecular Hbond substituents is 1. The summed E-state index contributed by atoms with van der Waals surface area (Å²) in [5, 5.41) is 17.6. The zero-order chi connectivity index (χ0) is 25.3. The molecule has 0 bridgehead atoms. The number of rotatable bonds is 13. The average molecular weight is 531 g/mol. The number of halogens is 1. The molecule has 194 valence electrons. The van der Waals surface area contributed by atoms with Crippen LogP contribution in [0.3, 0.4) is 0 Å². The van der Waals surface area contributed by atoms with Gasteiger partial charge in [-0.05, 0) is 62.0 Å². The van der Waals surface area contributed by atoms with Crippen LogP contribution in [0.25, 0.3) is 10.2 Å². The van der Waals surface area contributed by atoms with Crippen molar-refractivity contribution in [3.8, 4) is 5.75 Å². The Hall–Kier alpha value is -2.39. The van der Waals surface area contributed by atoms with E-state index in [1.165, 1.54) is 12.8 Å². The van der Waals surface area contributed by atoms with E-state index in [1.54, 1.807) is 6.07 Å². The number of H-pyrrole nitrogens is 1. The SMILES string of the molecule is O=C(CCNCCc1ccccc1Cl)N(CCNCCc1ccc(O)c2[nH]c(=O)sc12)C1CCCC1. The van der Waals surface area contributed by atoms with Crippen LogP contribution in [0.4, 0.5) is 0 Å². The molecule has 0 radical (unpaired) electrons. The fourth-order valence-corrected chi connectivity index (χ4v) is 6.06. The number of thiazole rings is 1. The van der Waals surface area contributed by atoms with Crippen molar-refractivity contribution in [3.63, 3.8) is 0 Å². The van der Waals surface area contributed by atoms with Crippen LogP contribution >= 0.6 is 22.9 Å². The minimum atomic E-state index is -0.162. The first kappa shape index (κ1) is 26.7. The number of carbonyl (C=O) groups is 1. The number of benzene rings is 2. The van der Waals surface area contributed by atoms with Crippen LogP contribution in [0.1, 0.15) is 43.2 Å². The lowest BCUT2D eigenvalue weighted by molar-refractivity contribution is -0.133. The third-order valence-electron chi connectivity index (χ3n) is 6.87. The van der Waals surface area contributed by atoms with Crippen molar-refractivity contribution in [1.82, 2.24) is 20.5 Å². The molecule has 7 nitrogen and oxygen atoms in total. The molecule has 3 aromatic rings. The van der Waals surface area contributed by atoms with Crippen molar-refractivity contribution >= 4 is 39.1 Å². The zero-order valence-electron chi connectivity index (χ0n) is 20.5. The predicted molar refractivity (Wildman–Crippen MR) is 147 cm³/mol. The van der Waals surface area contributed by atoms with E-state index >= 15 is 0 Å². The number of aromatic nitrogens is 1. The Kier molecular flexibility index (Phi) is 9.81. The topological polar surface area (TPSA) is 97.5 Å². The Labute approximate surface area is 220 Å². The van der Waals surface area contributed by atoms with E-state index < -0.39 is 0 Å². The largest absolute Gasteiger partial charge is 0.506 e. The number of aromatic amines is 1. The molecule has 1 heterocycles. The van der Waals surface area contributed by atoms with E-state index in [4.69, 9.17) is 11.6 Å². The second kappa shape index (κ2) is 13.2. The van der Waals surface area contributed by atoms with Gasteiger partial charge in [-0.2, -0.15) is 0 Å². The van der Waals surface area contributed by atoms with Gasteiger partial charge in [0.25, 0.3) is 0 Å². The van der Waals surface area contributed by atoms with Crippen molar-refractivity contribution in [1.29, 1.82) is 0 Å². The molecule has 36 heavy (non-hydrogen) atoms. The van der Waals surface area contributed by atoms with Crippen LogP contribution < -0.4 is 15.5 Å². The Balaban J connectivity index is 1.20. The number of aromatic hydroxyl groups is 1. The van der Waals surface area contributed by atoms with Crippen molar-refractivity contribution < 1.29 is 9.90 Å². The first-order valence-electron chi connectivity index (χ1n) is 12.8. The minimum Gasteiger partial charge on any atom is -0.506 e. The lowest BCUT2D eigenvalue weighted by Gasteiger charge is -2.29. The van der Waals surface area contributed by atoms with E-state index in [9.17, 15) is 14.7 Å². The summed E-state index contributed by atoms with van der Waals surface area (Å²) in [6, 6.07) is 11.7. The van der Waals surface area contributed by atoms with Crippen LogP contribution in [0.15, 0.2) is 41.2 Å². The lowest BCUT2D eigenvalue weighted by Crippen LogP contribution is -2.44. The zero-order valence-corrected chi connectivity index (χ0v) is 22.1. The molecule has 4 rings (SSSR count). The average Bonchev–Trinajstić information content (AvgIpc) is 3.54. The molecule has 1 aromatic heterocycles. The highest BCUT2D eigenvalue weighted by Gasteiger charge is 2.25. The number of fused-ring (bicyclic) bond motifs is 1. The highest BCUT2D eigenvalue weighted by Crippen LogP contribution is 2.28. The minimum absolute atomic E-state index is 0.101. The normalized spacial score (nSPS) is 14.0. The third kappa shape index (κ3) is 7.09. The first-order valence-corrected chi connectivity index (χ1v) is 14.0.